The third kappa shape index (κ3) is 2.84. The Morgan fingerprint density at radius 2 is 1.30 bits per heavy atom. The van der Waals surface area contributed by atoms with Gasteiger partial charge in [0.2, 0.25) is 0 Å². The van der Waals surface area contributed by atoms with Gasteiger partial charge in [0.25, 0.3) is 0 Å². The van der Waals surface area contributed by atoms with Gasteiger partial charge in [-0.05, 0) is 30.3 Å². The lowest BCUT2D eigenvalue weighted by Crippen LogP contribution is -2.60. The molecule has 0 nitrogen and oxygen atoms in total. The van der Waals surface area contributed by atoms with E-state index in [0.717, 1.165) is 16.4 Å². The Morgan fingerprint density at radius 1 is 0.900 bits per heavy atom. The van der Waals surface area contributed by atoms with Gasteiger partial charge in [-0.2, -0.15) is 0 Å². The van der Waals surface area contributed by atoms with Crippen LogP contribution in [0.5, 0.6) is 0 Å². The van der Waals surface area contributed by atoms with E-state index < -0.39 is 8.07 Å². The zero-order chi connectivity index (χ0) is 14.6. The molecule has 0 fully saturated rings. The van der Waals surface area contributed by atoms with E-state index in [1.54, 1.807) is 24.3 Å². The minimum Gasteiger partial charge on any atom is -0.207 e. The molecular formula is C16H15ClF2Si. The van der Waals surface area contributed by atoms with E-state index in [2.05, 4.69) is 6.58 Å². The fourth-order valence-corrected chi connectivity index (χ4v) is 6.97. The van der Waals surface area contributed by atoms with Gasteiger partial charge in [-0.3, -0.25) is 0 Å². The second-order valence-corrected chi connectivity index (χ2v) is 9.52. The van der Waals surface area contributed by atoms with Crippen LogP contribution in [0.3, 0.4) is 0 Å². The molecule has 0 N–H and O–H groups in total. The van der Waals surface area contributed by atoms with Crippen LogP contribution in [0.25, 0.3) is 0 Å². The fraction of sp³-hybridized carbons (Fsp3) is 0.125. The SMILES string of the molecule is C=CC[Si](CCl)(c1ccc(F)cc1)c1ccc(F)cc1. The molecule has 0 amide bonds. The van der Waals surface area contributed by atoms with Gasteiger partial charge in [0.15, 0.2) is 0 Å². The molecule has 2 aromatic rings. The molecule has 20 heavy (non-hydrogen) atoms. The first kappa shape index (κ1) is 14.9. The summed E-state index contributed by atoms with van der Waals surface area (Å²) >= 11 is 6.28. The summed E-state index contributed by atoms with van der Waals surface area (Å²) in [4.78, 5) is 0. The highest BCUT2D eigenvalue weighted by Crippen LogP contribution is 2.15. The number of alkyl halides is 1. The van der Waals surface area contributed by atoms with Crippen LogP contribution in [0.1, 0.15) is 0 Å². The van der Waals surface area contributed by atoms with E-state index in [4.69, 9.17) is 11.6 Å². The smallest absolute Gasteiger partial charge is 0.136 e. The first-order valence-electron chi connectivity index (χ1n) is 6.31. The van der Waals surface area contributed by atoms with Gasteiger partial charge in [-0.1, -0.05) is 40.7 Å². The number of benzene rings is 2. The Balaban J connectivity index is 2.57. The molecule has 0 spiro atoms. The number of rotatable bonds is 5. The quantitative estimate of drug-likeness (QED) is 0.450. The van der Waals surface area contributed by atoms with Crippen molar-refractivity contribution in [3.05, 3.63) is 72.8 Å². The first-order chi connectivity index (χ1) is 9.62. The molecule has 0 aliphatic carbocycles. The lowest BCUT2D eigenvalue weighted by molar-refractivity contribution is 0.628. The van der Waals surface area contributed by atoms with Gasteiger partial charge in [0.05, 0.1) is 0 Å². The highest BCUT2D eigenvalue weighted by atomic mass is 35.5. The van der Waals surface area contributed by atoms with Crippen LogP contribution >= 0.6 is 11.6 Å². The van der Waals surface area contributed by atoms with Crippen LogP contribution in [0.15, 0.2) is 61.2 Å². The molecule has 2 rings (SSSR count). The summed E-state index contributed by atoms with van der Waals surface area (Å²) in [6, 6.07) is 13.6. The maximum Gasteiger partial charge on any atom is 0.136 e. The summed E-state index contributed by atoms with van der Waals surface area (Å²) in [5, 5.41) is 2.06. The Kier molecular flexibility index (Phi) is 4.73. The second-order valence-electron chi connectivity index (χ2n) is 4.72. The third-order valence-corrected chi connectivity index (χ3v) is 9.20. The van der Waals surface area contributed by atoms with E-state index in [-0.39, 0.29) is 11.6 Å². The molecule has 0 heterocycles. The highest BCUT2D eigenvalue weighted by Gasteiger charge is 2.35. The molecular weight excluding hydrogens is 294 g/mol. The molecule has 4 heteroatoms. The molecule has 2 aromatic carbocycles. The van der Waals surface area contributed by atoms with E-state index in [1.807, 2.05) is 6.08 Å². The van der Waals surface area contributed by atoms with Crippen LogP contribution in [0.2, 0.25) is 6.04 Å². The van der Waals surface area contributed by atoms with Gasteiger partial charge in [-0.25, -0.2) is 8.78 Å². The average Bonchev–Trinajstić information content (AvgIpc) is 2.47. The van der Waals surface area contributed by atoms with Crippen LogP contribution in [0.4, 0.5) is 8.78 Å². The van der Waals surface area contributed by atoms with Gasteiger partial charge < -0.3 is 0 Å². The fourth-order valence-electron chi connectivity index (χ4n) is 2.40. The molecule has 0 saturated heterocycles. The molecule has 0 aliphatic heterocycles. The van der Waals surface area contributed by atoms with Crippen molar-refractivity contribution in [1.29, 1.82) is 0 Å². The Labute approximate surface area is 123 Å². The minimum atomic E-state index is -2.25. The predicted octanol–water partition coefficient (Wildman–Crippen LogP) is 3.49. The van der Waals surface area contributed by atoms with E-state index in [9.17, 15) is 8.78 Å². The summed E-state index contributed by atoms with van der Waals surface area (Å²) in [7, 11) is -2.25. The molecule has 104 valence electrons. The monoisotopic (exact) mass is 308 g/mol. The topological polar surface area (TPSA) is 0 Å². The standard InChI is InChI=1S/C16H15ClF2Si/c1-2-11-20(12-17,15-7-3-13(18)4-8-15)16-9-5-14(19)6-10-16/h2-10H,1,11-12H2. The largest absolute Gasteiger partial charge is 0.207 e. The third-order valence-electron chi connectivity index (χ3n) is 3.51. The Bertz CT molecular complexity index is 533. The zero-order valence-electron chi connectivity index (χ0n) is 11.0. The van der Waals surface area contributed by atoms with Gasteiger partial charge in [-0.15, -0.1) is 18.2 Å². The van der Waals surface area contributed by atoms with Crippen LogP contribution in [0, 0.1) is 11.6 Å². The van der Waals surface area contributed by atoms with Crippen LogP contribution < -0.4 is 10.4 Å². The van der Waals surface area contributed by atoms with Gasteiger partial charge in [0, 0.05) is 5.50 Å². The van der Waals surface area contributed by atoms with Crippen LogP contribution in [-0.2, 0) is 0 Å². The van der Waals surface area contributed by atoms with Crippen molar-refractivity contribution in [2.45, 2.75) is 6.04 Å². The number of halogens is 3. The number of hydrogen-bond donors (Lipinski definition) is 0. The van der Waals surface area contributed by atoms with Crippen molar-refractivity contribution >= 4 is 30.0 Å². The normalized spacial score (nSPS) is 11.3. The van der Waals surface area contributed by atoms with Gasteiger partial charge in [0.1, 0.15) is 19.7 Å². The Hall–Kier alpha value is -1.45. The van der Waals surface area contributed by atoms with E-state index >= 15 is 0 Å². The molecule has 0 radical (unpaired) electrons. The van der Waals surface area contributed by atoms with Crippen molar-refractivity contribution in [2.75, 3.05) is 5.50 Å². The van der Waals surface area contributed by atoms with E-state index in [1.165, 1.54) is 24.3 Å². The second kappa shape index (κ2) is 6.33. The van der Waals surface area contributed by atoms with Crippen molar-refractivity contribution in [3.8, 4) is 0 Å². The van der Waals surface area contributed by atoms with Crippen molar-refractivity contribution in [3.63, 3.8) is 0 Å². The van der Waals surface area contributed by atoms with Crippen molar-refractivity contribution in [2.24, 2.45) is 0 Å². The predicted molar refractivity (Wildman–Crippen MR) is 83.5 cm³/mol. The molecule has 0 aliphatic rings. The molecule has 0 aromatic heterocycles. The zero-order valence-corrected chi connectivity index (χ0v) is 12.7. The van der Waals surface area contributed by atoms with Crippen LogP contribution in [-0.4, -0.2) is 13.6 Å². The maximum absolute atomic E-state index is 13.1. The molecule has 0 saturated carbocycles. The minimum absolute atomic E-state index is 0.274. The highest BCUT2D eigenvalue weighted by molar-refractivity contribution is 7.05. The van der Waals surface area contributed by atoms with Gasteiger partial charge >= 0.3 is 0 Å². The van der Waals surface area contributed by atoms with E-state index in [0.29, 0.717) is 5.50 Å². The summed E-state index contributed by atoms with van der Waals surface area (Å²) in [5.74, 6) is -0.548. The summed E-state index contributed by atoms with van der Waals surface area (Å²) in [5.41, 5.74) is 0.441. The summed E-state index contributed by atoms with van der Waals surface area (Å²) in [6.07, 6.45) is 1.83. The summed E-state index contributed by atoms with van der Waals surface area (Å²) in [6.45, 7) is 3.81. The van der Waals surface area contributed by atoms with Crippen molar-refractivity contribution < 1.29 is 8.78 Å². The lowest BCUT2D eigenvalue weighted by Gasteiger charge is -2.29. The average molecular weight is 309 g/mol. The summed E-state index contributed by atoms with van der Waals surface area (Å²) < 4.78 is 26.3. The van der Waals surface area contributed by atoms with Crippen molar-refractivity contribution in [1.82, 2.24) is 0 Å². The molecule has 0 unspecified atom stereocenters. The number of allylic oxidation sites excluding steroid dienone is 1. The number of hydrogen-bond acceptors (Lipinski definition) is 0. The maximum atomic E-state index is 13.1. The first-order valence-corrected chi connectivity index (χ1v) is 9.26. The molecule has 0 atom stereocenters. The molecule has 0 bridgehead atoms. The lowest BCUT2D eigenvalue weighted by atomic mass is 10.3. The Morgan fingerprint density at radius 3 is 1.60 bits per heavy atom.